The number of hydrogen-bond donors (Lipinski definition) is 0. The molecule has 0 aromatic carbocycles. The summed E-state index contributed by atoms with van der Waals surface area (Å²) >= 11 is 1.84. The molecule has 0 fully saturated rings. The van der Waals surface area contributed by atoms with Gasteiger partial charge in [-0.25, -0.2) is 18.0 Å². The summed E-state index contributed by atoms with van der Waals surface area (Å²) in [6, 6.07) is 0. The van der Waals surface area contributed by atoms with Gasteiger partial charge < -0.3 is 9.47 Å². The van der Waals surface area contributed by atoms with Gasteiger partial charge in [-0.15, -0.1) is 0 Å². The standard InChI is InChI=1S/C8H10F3NO4S2.C7H6F3NO2S/c1-18(13,14)16-6-4-15-8(12-6)17-3-2-5(9)7(10)11;8-4(6(9)10)1-2-14-7-11-5(12)3-13-7/h6H,2-4H2,1H3;1-3H2. The number of ether oxygens (including phenoxy) is 2. The normalized spacial score (nSPS) is 17.5. The zero-order valence-electron chi connectivity index (χ0n) is 16.2. The highest BCUT2D eigenvalue weighted by Crippen LogP contribution is 2.21. The van der Waals surface area contributed by atoms with Crippen LogP contribution in [0, 0.1) is 0 Å². The fraction of sp³-hybridized carbons (Fsp3) is 0.533. The molecule has 1 unspecified atom stereocenters. The fourth-order valence-electron chi connectivity index (χ4n) is 1.67. The molecule has 182 valence electrons. The first-order valence-electron chi connectivity index (χ1n) is 8.35. The van der Waals surface area contributed by atoms with E-state index in [1.807, 2.05) is 0 Å². The van der Waals surface area contributed by atoms with Gasteiger partial charge in [-0.1, -0.05) is 23.5 Å². The molecule has 0 aromatic rings. The quantitative estimate of drug-likeness (QED) is 0.343. The lowest BCUT2D eigenvalue weighted by atomic mass is 10.4. The maximum atomic E-state index is 12.4. The number of nitrogens with zero attached hydrogens (tertiary/aromatic N) is 2. The van der Waals surface area contributed by atoms with Crippen LogP contribution in [-0.4, -0.2) is 62.0 Å². The van der Waals surface area contributed by atoms with E-state index >= 15 is 0 Å². The Hall–Kier alpha value is -1.72. The minimum atomic E-state index is -3.64. The van der Waals surface area contributed by atoms with Crippen LogP contribution >= 0.6 is 23.5 Å². The molecule has 0 radical (unpaired) electrons. The smallest absolute Gasteiger partial charge is 0.301 e. The van der Waals surface area contributed by atoms with Gasteiger partial charge in [0.1, 0.15) is 6.61 Å². The van der Waals surface area contributed by atoms with Crippen molar-refractivity contribution in [3.05, 3.63) is 23.8 Å². The maximum absolute atomic E-state index is 12.4. The van der Waals surface area contributed by atoms with Crippen molar-refractivity contribution >= 4 is 50.0 Å². The van der Waals surface area contributed by atoms with Gasteiger partial charge in [-0.05, 0) is 0 Å². The lowest BCUT2D eigenvalue weighted by Gasteiger charge is -2.02. The van der Waals surface area contributed by atoms with E-state index in [2.05, 4.69) is 14.2 Å². The summed E-state index contributed by atoms with van der Waals surface area (Å²) in [6.45, 7) is -0.205. The van der Waals surface area contributed by atoms with Gasteiger partial charge in [0.05, 0.1) is 6.26 Å². The van der Waals surface area contributed by atoms with Gasteiger partial charge in [-0.2, -0.15) is 31.0 Å². The van der Waals surface area contributed by atoms with Crippen LogP contribution < -0.4 is 0 Å². The summed E-state index contributed by atoms with van der Waals surface area (Å²) in [5, 5.41) is 0.206. The fourth-order valence-corrected chi connectivity index (χ4v) is 3.74. The van der Waals surface area contributed by atoms with Crippen LogP contribution in [0.25, 0.3) is 0 Å². The summed E-state index contributed by atoms with van der Waals surface area (Å²) in [5.41, 5.74) is 0. The predicted molar refractivity (Wildman–Crippen MR) is 106 cm³/mol. The Balaban J connectivity index is 0.000000330. The topological polar surface area (TPSA) is 104 Å². The van der Waals surface area contributed by atoms with Crippen LogP contribution in [0.3, 0.4) is 0 Å². The van der Waals surface area contributed by atoms with Crippen molar-refractivity contribution in [3.8, 4) is 0 Å². The Labute approximate surface area is 187 Å². The van der Waals surface area contributed by atoms with Crippen molar-refractivity contribution < 1.29 is 53.2 Å². The van der Waals surface area contributed by atoms with E-state index in [0.29, 0.717) is 0 Å². The molecule has 0 N–H and O–H groups in total. The van der Waals surface area contributed by atoms with Crippen molar-refractivity contribution in [2.75, 3.05) is 31.0 Å². The van der Waals surface area contributed by atoms with Crippen LogP contribution in [0.5, 0.6) is 0 Å². The highest BCUT2D eigenvalue weighted by molar-refractivity contribution is 8.13. The summed E-state index contributed by atoms with van der Waals surface area (Å²) in [7, 11) is -3.64. The van der Waals surface area contributed by atoms with E-state index < -0.39 is 58.9 Å². The molecule has 32 heavy (non-hydrogen) atoms. The number of carbonyl (C=O) groups is 1. The summed E-state index contributed by atoms with van der Waals surface area (Å²) < 4.78 is 107. The van der Waals surface area contributed by atoms with Gasteiger partial charge in [0.15, 0.2) is 18.3 Å². The Morgan fingerprint density at radius 1 is 1.00 bits per heavy atom. The highest BCUT2D eigenvalue weighted by Gasteiger charge is 2.23. The molecule has 0 aliphatic carbocycles. The summed E-state index contributed by atoms with van der Waals surface area (Å²) in [6.07, 6.45) is -5.60. The average Bonchev–Trinajstić information content (AvgIpc) is 3.29. The SMILES string of the molecule is CS(=O)(=O)OC1COC(SCCC(F)=C(F)F)=N1.O=C1COC(SCCC(F)=C(F)F)=N1. The summed E-state index contributed by atoms with van der Waals surface area (Å²) in [5.74, 6) is -3.27. The van der Waals surface area contributed by atoms with E-state index in [1.165, 1.54) is 0 Å². The molecule has 0 spiro atoms. The van der Waals surface area contributed by atoms with Crippen LogP contribution in [-0.2, 0) is 28.6 Å². The van der Waals surface area contributed by atoms with Gasteiger partial charge in [0.2, 0.25) is 11.5 Å². The first-order valence-corrected chi connectivity index (χ1v) is 12.1. The van der Waals surface area contributed by atoms with Gasteiger partial charge in [-0.3, -0.25) is 4.79 Å². The van der Waals surface area contributed by atoms with E-state index in [4.69, 9.17) is 9.47 Å². The van der Waals surface area contributed by atoms with Crippen molar-refractivity contribution in [3.63, 3.8) is 0 Å². The molecular weight excluding hydrogens is 514 g/mol. The minimum Gasteiger partial charge on any atom is -0.468 e. The van der Waals surface area contributed by atoms with E-state index in [1.54, 1.807) is 0 Å². The summed E-state index contributed by atoms with van der Waals surface area (Å²) in [4.78, 5) is 17.7. The Morgan fingerprint density at radius 2 is 1.53 bits per heavy atom. The minimum absolute atomic E-state index is 0.00754. The van der Waals surface area contributed by atoms with Crippen molar-refractivity contribution in [1.82, 2.24) is 0 Å². The number of carbonyl (C=O) groups excluding carboxylic acids is 1. The molecule has 2 aliphatic rings. The molecule has 0 bridgehead atoms. The lowest BCUT2D eigenvalue weighted by Crippen LogP contribution is -2.16. The van der Waals surface area contributed by atoms with Crippen molar-refractivity contribution in [2.45, 2.75) is 19.1 Å². The molecule has 1 atom stereocenters. The number of halogens is 6. The van der Waals surface area contributed by atoms with Crippen LogP contribution in [0.4, 0.5) is 26.3 Å². The Kier molecular flexibility index (Phi) is 12.2. The second-order valence-corrected chi connectivity index (χ2v) is 9.24. The third-order valence-corrected chi connectivity index (χ3v) is 5.24. The lowest BCUT2D eigenvalue weighted by molar-refractivity contribution is -0.118. The molecule has 1 amide bonds. The highest BCUT2D eigenvalue weighted by atomic mass is 32.2. The second kappa shape index (κ2) is 13.7. The zero-order valence-corrected chi connectivity index (χ0v) is 18.6. The van der Waals surface area contributed by atoms with Crippen LogP contribution in [0.15, 0.2) is 33.8 Å². The zero-order chi connectivity index (χ0) is 24.3. The van der Waals surface area contributed by atoms with E-state index in [-0.39, 0.29) is 35.2 Å². The molecular formula is C15H16F6N2O6S3. The molecule has 17 heteroatoms. The number of thioether (sulfide) groups is 2. The van der Waals surface area contributed by atoms with Gasteiger partial charge in [0, 0.05) is 24.3 Å². The molecule has 2 aliphatic heterocycles. The average molecular weight is 530 g/mol. The largest absolute Gasteiger partial charge is 0.468 e. The van der Waals surface area contributed by atoms with Crippen LogP contribution in [0.1, 0.15) is 12.8 Å². The maximum Gasteiger partial charge on any atom is 0.301 e. The number of amides is 1. The number of hydrogen-bond acceptors (Lipinski definition) is 9. The first-order chi connectivity index (χ1) is 14.9. The number of allylic oxidation sites excluding steroid dienone is 2. The van der Waals surface area contributed by atoms with Crippen molar-refractivity contribution in [2.24, 2.45) is 9.98 Å². The molecule has 0 saturated carbocycles. The number of rotatable bonds is 8. The van der Waals surface area contributed by atoms with E-state index in [0.717, 1.165) is 29.8 Å². The molecule has 2 rings (SSSR count). The monoisotopic (exact) mass is 530 g/mol. The number of aliphatic imine (C=N–C) groups is 2. The van der Waals surface area contributed by atoms with E-state index in [9.17, 15) is 39.6 Å². The third-order valence-electron chi connectivity index (χ3n) is 2.92. The van der Waals surface area contributed by atoms with Gasteiger partial charge in [0.25, 0.3) is 21.3 Å². The van der Waals surface area contributed by atoms with Gasteiger partial charge >= 0.3 is 12.2 Å². The second-order valence-electron chi connectivity index (χ2n) is 5.55. The molecule has 0 aromatic heterocycles. The Morgan fingerprint density at radius 3 is 1.97 bits per heavy atom. The Bertz CT molecular complexity index is 901. The molecule has 2 heterocycles. The first kappa shape index (κ1) is 28.3. The molecule has 0 saturated heterocycles. The predicted octanol–water partition coefficient (Wildman–Crippen LogP) is 3.98. The van der Waals surface area contributed by atoms with Crippen molar-refractivity contribution in [1.29, 1.82) is 0 Å². The third kappa shape index (κ3) is 12.4. The van der Waals surface area contributed by atoms with Crippen LogP contribution in [0.2, 0.25) is 0 Å². The molecule has 8 nitrogen and oxygen atoms in total.